The number of rotatable bonds is 5. The van der Waals surface area contributed by atoms with E-state index in [0.717, 1.165) is 40.2 Å². The number of nitrogens with zero attached hydrogens (tertiary/aromatic N) is 3. The molecular weight excluding hydrogens is 396 g/mol. The van der Waals surface area contributed by atoms with Gasteiger partial charge in [-0.15, -0.1) is 11.3 Å². The zero-order valence-corrected chi connectivity index (χ0v) is 17.6. The first-order valence-corrected chi connectivity index (χ1v) is 12.1. The molecule has 0 unspecified atom stereocenters. The average molecular weight is 419 g/mol. The van der Waals surface area contributed by atoms with Crippen LogP contribution in [0.1, 0.15) is 12.0 Å². The van der Waals surface area contributed by atoms with Gasteiger partial charge in [0.1, 0.15) is 18.2 Å². The van der Waals surface area contributed by atoms with Crippen LogP contribution in [0.2, 0.25) is 0 Å². The second kappa shape index (κ2) is 7.65. The molecule has 0 radical (unpaired) electrons. The molecule has 1 aliphatic rings. The molecule has 0 bridgehead atoms. The third kappa shape index (κ3) is 4.26. The van der Waals surface area contributed by atoms with Crippen LogP contribution in [0.15, 0.2) is 34.3 Å². The van der Waals surface area contributed by atoms with Gasteiger partial charge in [-0.1, -0.05) is 0 Å². The van der Waals surface area contributed by atoms with Crippen molar-refractivity contribution in [2.24, 2.45) is 4.36 Å². The molecule has 0 aliphatic carbocycles. The molecule has 3 aromatic rings. The minimum atomic E-state index is -2.24. The number of hydrogen-bond acceptors (Lipinski definition) is 8. The number of anilines is 2. The van der Waals surface area contributed by atoms with Crippen molar-refractivity contribution in [2.45, 2.75) is 19.4 Å². The van der Waals surface area contributed by atoms with E-state index in [1.165, 1.54) is 6.33 Å². The molecule has 1 saturated heterocycles. The van der Waals surface area contributed by atoms with Gasteiger partial charge in [-0.05, 0) is 36.1 Å². The Morgan fingerprint density at radius 2 is 2.21 bits per heavy atom. The number of ether oxygens (including phenoxy) is 2. The van der Waals surface area contributed by atoms with Gasteiger partial charge >= 0.3 is 0 Å². The molecule has 0 spiro atoms. The summed E-state index contributed by atoms with van der Waals surface area (Å²) in [5.74, 6) is 0.703. The number of benzene rings is 1. The van der Waals surface area contributed by atoms with Crippen LogP contribution in [0.5, 0.6) is 5.06 Å². The van der Waals surface area contributed by atoms with E-state index in [-0.39, 0.29) is 6.10 Å². The van der Waals surface area contributed by atoms with Crippen LogP contribution in [0.3, 0.4) is 0 Å². The second-order valence-electron chi connectivity index (χ2n) is 7.00. The fourth-order valence-electron chi connectivity index (χ4n) is 3.14. The maximum atomic E-state index is 12.0. The number of nitrogens with one attached hydrogen (secondary N) is 1. The van der Waals surface area contributed by atoms with Crippen molar-refractivity contribution >= 4 is 49.2 Å². The standard InChI is InChI=1S/C19H22N4O3S2/c1-12-8-13(23-28(2,3)24)9-16-17(12)18(21-11-20-16)22-15-5-7-27-19(15)26-14-4-6-25-10-14/h5,7-9,11,14H,4,6,10H2,1-3H3,(H,20,21,22)/t14-/m1/s1. The highest BCUT2D eigenvalue weighted by Gasteiger charge is 2.20. The Labute approximate surface area is 168 Å². The maximum Gasteiger partial charge on any atom is 0.198 e. The first kappa shape index (κ1) is 19.1. The number of thiophene rings is 1. The summed E-state index contributed by atoms with van der Waals surface area (Å²) in [5.41, 5.74) is 3.24. The molecule has 1 N–H and O–H groups in total. The molecule has 1 fully saturated rings. The molecule has 148 valence electrons. The molecule has 3 heterocycles. The molecule has 1 atom stereocenters. The van der Waals surface area contributed by atoms with Gasteiger partial charge in [0, 0.05) is 34.0 Å². The quantitative estimate of drug-likeness (QED) is 0.666. The molecule has 28 heavy (non-hydrogen) atoms. The molecule has 1 aromatic carbocycles. The van der Waals surface area contributed by atoms with Crippen LogP contribution in [0, 0.1) is 6.92 Å². The zero-order valence-electron chi connectivity index (χ0n) is 16.0. The van der Waals surface area contributed by atoms with Crippen molar-refractivity contribution in [1.82, 2.24) is 9.97 Å². The summed E-state index contributed by atoms with van der Waals surface area (Å²) in [6.45, 7) is 3.34. The zero-order chi connectivity index (χ0) is 19.7. The van der Waals surface area contributed by atoms with Crippen LogP contribution in [-0.4, -0.2) is 46.0 Å². The summed E-state index contributed by atoms with van der Waals surface area (Å²) in [6.07, 6.45) is 5.74. The number of aryl methyl sites for hydroxylation is 1. The van der Waals surface area contributed by atoms with E-state index in [4.69, 9.17) is 9.47 Å². The van der Waals surface area contributed by atoms with Crippen LogP contribution in [0.25, 0.3) is 10.9 Å². The van der Waals surface area contributed by atoms with Crippen molar-refractivity contribution in [3.63, 3.8) is 0 Å². The molecule has 4 rings (SSSR count). The molecule has 9 heteroatoms. The largest absolute Gasteiger partial charge is 0.477 e. The number of hydrogen-bond donors (Lipinski definition) is 1. The van der Waals surface area contributed by atoms with Crippen molar-refractivity contribution in [2.75, 3.05) is 31.0 Å². The lowest BCUT2D eigenvalue weighted by Gasteiger charge is -2.14. The van der Waals surface area contributed by atoms with E-state index in [0.29, 0.717) is 18.1 Å². The summed E-state index contributed by atoms with van der Waals surface area (Å²) in [5, 5.41) is 7.10. The predicted molar refractivity (Wildman–Crippen MR) is 114 cm³/mol. The fourth-order valence-corrected chi connectivity index (χ4v) is 4.52. The molecule has 1 aliphatic heterocycles. The minimum Gasteiger partial charge on any atom is -0.477 e. The van der Waals surface area contributed by atoms with Crippen LogP contribution in [-0.2, 0) is 14.5 Å². The Hall–Kier alpha value is -2.23. The monoisotopic (exact) mass is 418 g/mol. The highest BCUT2D eigenvalue weighted by Crippen LogP contribution is 2.37. The van der Waals surface area contributed by atoms with E-state index in [2.05, 4.69) is 19.6 Å². The number of fused-ring (bicyclic) bond motifs is 1. The number of aromatic nitrogens is 2. The molecule has 2 aromatic heterocycles. The van der Waals surface area contributed by atoms with Gasteiger partial charge in [0.2, 0.25) is 0 Å². The fraction of sp³-hybridized carbons (Fsp3) is 0.368. The smallest absolute Gasteiger partial charge is 0.198 e. The van der Waals surface area contributed by atoms with E-state index in [9.17, 15) is 4.21 Å². The van der Waals surface area contributed by atoms with Gasteiger partial charge in [-0.2, -0.15) is 4.36 Å². The van der Waals surface area contributed by atoms with Crippen molar-refractivity contribution in [3.05, 3.63) is 35.5 Å². The average Bonchev–Trinajstić information content (AvgIpc) is 3.26. The Morgan fingerprint density at radius 1 is 1.36 bits per heavy atom. The van der Waals surface area contributed by atoms with Gasteiger partial charge in [0.15, 0.2) is 5.06 Å². The first-order chi connectivity index (χ1) is 13.4. The Morgan fingerprint density at radius 3 is 2.96 bits per heavy atom. The van der Waals surface area contributed by atoms with Gasteiger partial charge in [-0.3, -0.25) is 0 Å². The summed E-state index contributed by atoms with van der Waals surface area (Å²) in [4.78, 5) is 8.81. The molecular formula is C19H22N4O3S2. The van der Waals surface area contributed by atoms with E-state index in [1.54, 1.807) is 23.8 Å². The van der Waals surface area contributed by atoms with E-state index >= 15 is 0 Å². The lowest BCUT2D eigenvalue weighted by atomic mass is 10.1. The van der Waals surface area contributed by atoms with Gasteiger partial charge in [0.05, 0.1) is 30.1 Å². The highest BCUT2D eigenvalue weighted by atomic mass is 32.2. The van der Waals surface area contributed by atoms with Gasteiger partial charge < -0.3 is 14.8 Å². The summed E-state index contributed by atoms with van der Waals surface area (Å²) >= 11 is 1.54. The first-order valence-electron chi connectivity index (χ1n) is 8.90. The third-order valence-electron chi connectivity index (χ3n) is 4.29. The van der Waals surface area contributed by atoms with Crippen molar-refractivity contribution in [1.29, 1.82) is 0 Å². The highest BCUT2D eigenvalue weighted by molar-refractivity contribution is 7.92. The lowest BCUT2D eigenvalue weighted by molar-refractivity contribution is 0.144. The Bertz CT molecular complexity index is 1120. The lowest BCUT2D eigenvalue weighted by Crippen LogP contribution is -2.15. The van der Waals surface area contributed by atoms with Crippen molar-refractivity contribution < 1.29 is 13.7 Å². The Kier molecular flexibility index (Phi) is 5.22. The topological polar surface area (TPSA) is 85.7 Å². The predicted octanol–water partition coefficient (Wildman–Crippen LogP) is 4.27. The van der Waals surface area contributed by atoms with Crippen LogP contribution in [0.4, 0.5) is 17.2 Å². The van der Waals surface area contributed by atoms with Gasteiger partial charge in [-0.25, -0.2) is 14.2 Å². The Balaban J connectivity index is 1.69. The summed E-state index contributed by atoms with van der Waals surface area (Å²) < 4.78 is 27.8. The third-order valence-corrected chi connectivity index (χ3v) is 5.74. The van der Waals surface area contributed by atoms with Crippen LogP contribution >= 0.6 is 11.3 Å². The van der Waals surface area contributed by atoms with E-state index in [1.807, 2.05) is 30.5 Å². The van der Waals surface area contributed by atoms with E-state index < -0.39 is 9.73 Å². The molecule has 7 nitrogen and oxygen atoms in total. The van der Waals surface area contributed by atoms with Gasteiger partial charge in [0.25, 0.3) is 0 Å². The summed E-state index contributed by atoms with van der Waals surface area (Å²) in [7, 11) is -2.24. The second-order valence-corrected chi connectivity index (χ2v) is 10.4. The molecule has 0 amide bonds. The maximum absolute atomic E-state index is 12.0. The van der Waals surface area contributed by atoms with Crippen molar-refractivity contribution in [3.8, 4) is 5.06 Å². The SMILES string of the molecule is Cc1cc(N=S(C)(C)=O)cc2ncnc(Nc3ccsc3O[C@@H]3CCOC3)c12. The minimum absolute atomic E-state index is 0.0881. The van der Waals surface area contributed by atoms with Crippen LogP contribution < -0.4 is 10.1 Å². The summed E-state index contributed by atoms with van der Waals surface area (Å²) in [6, 6.07) is 5.72. The normalized spacial score (nSPS) is 17.0. The molecule has 0 saturated carbocycles.